The van der Waals surface area contributed by atoms with Gasteiger partial charge in [-0.2, -0.15) is 8.42 Å². The van der Waals surface area contributed by atoms with Gasteiger partial charge in [0.05, 0.1) is 6.61 Å². The fourth-order valence-corrected chi connectivity index (χ4v) is 8.25. The Morgan fingerprint density at radius 2 is 0.950 bits per heavy atom. The van der Waals surface area contributed by atoms with Crippen molar-refractivity contribution >= 4 is 22.1 Å². The van der Waals surface area contributed by atoms with Crippen molar-refractivity contribution in [3.63, 3.8) is 0 Å². The average molecular weight is 877 g/mol. The van der Waals surface area contributed by atoms with Crippen LogP contribution in [0.15, 0.2) is 12.2 Å². The van der Waals surface area contributed by atoms with E-state index in [4.69, 9.17) is 18.9 Å². The summed E-state index contributed by atoms with van der Waals surface area (Å²) in [5.74, 6) is -1.98. The smallest absolute Gasteiger partial charge is 0.306 e. The van der Waals surface area contributed by atoms with Crippen molar-refractivity contribution in [2.24, 2.45) is 0 Å². The van der Waals surface area contributed by atoms with Crippen molar-refractivity contribution in [3.8, 4) is 0 Å². The molecule has 0 bridgehead atoms. The van der Waals surface area contributed by atoms with Crippen molar-refractivity contribution in [3.05, 3.63) is 12.2 Å². The third-order valence-corrected chi connectivity index (χ3v) is 12.1. The molecule has 6 atom stereocenters. The Labute approximate surface area is 365 Å². The zero-order valence-electron chi connectivity index (χ0n) is 37.8. The molecule has 0 radical (unpaired) electrons. The summed E-state index contributed by atoms with van der Waals surface area (Å²) in [6, 6.07) is 0. The van der Waals surface area contributed by atoms with Crippen LogP contribution in [0.25, 0.3) is 0 Å². The fourth-order valence-electron chi connectivity index (χ4n) is 7.56. The Bertz CT molecular complexity index is 1170. The van der Waals surface area contributed by atoms with E-state index in [2.05, 4.69) is 26.0 Å². The summed E-state index contributed by atoms with van der Waals surface area (Å²) >= 11 is 0. The number of allylic oxidation sites excluding steroid dienone is 2. The number of aliphatic hydroxyl groups excluding tert-OH is 3. The fraction of sp³-hybridized carbons (Fsp3) is 0.915. The molecule has 4 N–H and O–H groups in total. The van der Waals surface area contributed by atoms with Gasteiger partial charge in [-0.15, -0.1) is 0 Å². The number of unbranched alkanes of at least 4 members (excludes halogenated alkanes) is 27. The van der Waals surface area contributed by atoms with Crippen LogP contribution in [0.1, 0.15) is 219 Å². The molecule has 1 aliphatic rings. The molecule has 1 fully saturated rings. The maximum atomic E-state index is 12.8. The van der Waals surface area contributed by atoms with Gasteiger partial charge in [-0.1, -0.05) is 180 Å². The number of hydrogen-bond acceptors (Lipinski definition) is 11. The highest BCUT2D eigenvalue weighted by Gasteiger charge is 2.46. The Balaban J connectivity index is 2.38. The van der Waals surface area contributed by atoms with Gasteiger partial charge in [0, 0.05) is 12.8 Å². The van der Waals surface area contributed by atoms with Crippen LogP contribution >= 0.6 is 0 Å². The Morgan fingerprint density at radius 1 is 0.550 bits per heavy atom. The summed E-state index contributed by atoms with van der Waals surface area (Å²) in [5, 5.41) is 30.9. The summed E-state index contributed by atoms with van der Waals surface area (Å²) in [6.45, 7) is 3.76. The molecule has 1 rings (SSSR count). The summed E-state index contributed by atoms with van der Waals surface area (Å²) in [4.78, 5) is 25.4. The molecule has 0 amide bonds. The van der Waals surface area contributed by atoms with E-state index in [0.29, 0.717) is 12.8 Å². The molecule has 1 saturated heterocycles. The summed E-state index contributed by atoms with van der Waals surface area (Å²) in [7, 11) is -4.60. The molecule has 0 aromatic carbocycles. The minimum atomic E-state index is -4.60. The summed E-state index contributed by atoms with van der Waals surface area (Å²) in [5.41, 5.74) is 0. The summed E-state index contributed by atoms with van der Waals surface area (Å²) < 4.78 is 54.1. The predicted molar refractivity (Wildman–Crippen MR) is 238 cm³/mol. The van der Waals surface area contributed by atoms with E-state index < -0.39 is 71.2 Å². The van der Waals surface area contributed by atoms with E-state index in [0.717, 1.165) is 57.8 Å². The molecule has 0 aromatic rings. The van der Waals surface area contributed by atoms with Crippen LogP contribution in [-0.4, -0.2) is 96.0 Å². The third-order valence-electron chi connectivity index (χ3n) is 11.3. The molecule has 12 nitrogen and oxygen atoms in total. The van der Waals surface area contributed by atoms with Crippen LogP contribution in [0.3, 0.4) is 0 Å². The minimum absolute atomic E-state index is 0.158. The Kier molecular flexibility index (Phi) is 35.6. The first-order chi connectivity index (χ1) is 29.0. The zero-order valence-corrected chi connectivity index (χ0v) is 38.6. The molecule has 60 heavy (non-hydrogen) atoms. The number of aliphatic hydroxyl groups is 3. The highest BCUT2D eigenvalue weighted by Crippen LogP contribution is 2.24. The number of ether oxygens (including phenoxy) is 4. The number of carbonyl (C=O) groups is 2. The van der Waals surface area contributed by atoms with Gasteiger partial charge in [-0.05, 0) is 38.5 Å². The lowest BCUT2D eigenvalue weighted by atomic mass is 10.00. The van der Waals surface area contributed by atoms with E-state index in [9.17, 15) is 37.9 Å². The second-order valence-corrected chi connectivity index (χ2v) is 18.6. The molecule has 0 saturated carbocycles. The van der Waals surface area contributed by atoms with Crippen LogP contribution in [0.4, 0.5) is 0 Å². The Morgan fingerprint density at radius 3 is 1.40 bits per heavy atom. The van der Waals surface area contributed by atoms with Gasteiger partial charge in [0.2, 0.25) is 0 Å². The quantitative estimate of drug-likeness (QED) is 0.0197. The molecular formula is C47H88O12S. The van der Waals surface area contributed by atoms with Crippen LogP contribution in [0.5, 0.6) is 0 Å². The molecule has 1 heterocycles. The lowest BCUT2D eigenvalue weighted by Crippen LogP contribution is -2.60. The molecule has 0 aromatic heterocycles. The van der Waals surface area contributed by atoms with E-state index in [1.807, 2.05) is 0 Å². The molecule has 1 aliphatic heterocycles. The third kappa shape index (κ3) is 32.1. The van der Waals surface area contributed by atoms with Crippen molar-refractivity contribution in [2.45, 2.75) is 256 Å². The van der Waals surface area contributed by atoms with E-state index >= 15 is 0 Å². The molecule has 0 aliphatic carbocycles. The van der Waals surface area contributed by atoms with Gasteiger partial charge in [-0.3, -0.25) is 14.1 Å². The van der Waals surface area contributed by atoms with Gasteiger partial charge < -0.3 is 34.3 Å². The second kappa shape index (κ2) is 37.9. The topological polar surface area (TPSA) is 186 Å². The van der Waals surface area contributed by atoms with E-state index in [-0.39, 0.29) is 19.4 Å². The van der Waals surface area contributed by atoms with Gasteiger partial charge in [0.25, 0.3) is 10.1 Å². The Hall–Kier alpha value is -1.61. The largest absolute Gasteiger partial charge is 0.462 e. The van der Waals surface area contributed by atoms with Crippen LogP contribution in [-0.2, 0) is 38.7 Å². The molecule has 13 heteroatoms. The lowest BCUT2D eigenvalue weighted by molar-refractivity contribution is -0.297. The van der Waals surface area contributed by atoms with Crippen LogP contribution in [0, 0.1) is 0 Å². The van der Waals surface area contributed by atoms with E-state index in [1.165, 1.54) is 122 Å². The zero-order chi connectivity index (χ0) is 44.1. The first-order valence-corrected chi connectivity index (χ1v) is 25.9. The normalized spacial score (nSPS) is 20.1. The second-order valence-electron chi connectivity index (χ2n) is 17.1. The highest BCUT2D eigenvalue weighted by atomic mass is 32.2. The van der Waals surface area contributed by atoms with Gasteiger partial charge in [0.15, 0.2) is 12.4 Å². The number of carbonyl (C=O) groups excluding carboxylic acids is 2. The van der Waals surface area contributed by atoms with Gasteiger partial charge in [-0.25, -0.2) is 0 Å². The molecular weight excluding hydrogens is 789 g/mol. The molecule has 2 unspecified atom stereocenters. The monoisotopic (exact) mass is 877 g/mol. The summed E-state index contributed by atoms with van der Waals surface area (Å²) in [6.07, 6.45) is 31.1. The number of esters is 2. The van der Waals surface area contributed by atoms with Crippen molar-refractivity contribution in [1.29, 1.82) is 0 Å². The lowest BCUT2D eigenvalue weighted by Gasteiger charge is -2.40. The minimum Gasteiger partial charge on any atom is -0.462 e. The standard InChI is InChI=1S/C47H88O12S/c1-3-5-7-9-11-13-15-17-18-19-20-21-22-24-25-27-29-31-33-35-42(48)56-37-40(38-57-47-46(52)45(51)44(50)41(59-47)39-60(53,54)55)58-43(49)36-34-32-30-28-26-23-16-14-12-10-8-6-4-2/h14,16,40-41,44-47,50-52H,3-13,15,17-39H2,1-2H3,(H,53,54,55)/b16-14+/t40-,41-,44-,45?,46?,47+/m1/s1. The first-order valence-electron chi connectivity index (χ1n) is 24.2. The molecule has 354 valence electrons. The van der Waals surface area contributed by atoms with Gasteiger partial charge in [0.1, 0.15) is 36.8 Å². The SMILES string of the molecule is CCCCCC/C=C/CCCCCCCC(=O)O[C@H](COC(=O)CCCCCCCCCCCCCCCCCCCCC)CO[C@H]1O[C@H](CS(=O)(=O)O)[C@@H](O)C(O)C1O. The van der Waals surface area contributed by atoms with Crippen molar-refractivity contribution < 1.29 is 56.8 Å². The number of rotatable bonds is 41. The van der Waals surface area contributed by atoms with Crippen molar-refractivity contribution in [2.75, 3.05) is 19.0 Å². The maximum Gasteiger partial charge on any atom is 0.306 e. The molecule has 0 spiro atoms. The average Bonchev–Trinajstić information content (AvgIpc) is 3.21. The van der Waals surface area contributed by atoms with Gasteiger partial charge >= 0.3 is 11.9 Å². The highest BCUT2D eigenvalue weighted by molar-refractivity contribution is 7.85. The van der Waals surface area contributed by atoms with Crippen molar-refractivity contribution in [1.82, 2.24) is 0 Å². The predicted octanol–water partition coefficient (Wildman–Crippen LogP) is 10.2. The first kappa shape index (κ1) is 56.4. The van der Waals surface area contributed by atoms with Crippen LogP contribution < -0.4 is 0 Å². The van der Waals surface area contributed by atoms with Crippen LogP contribution in [0.2, 0.25) is 0 Å². The van der Waals surface area contributed by atoms with E-state index in [1.54, 1.807) is 0 Å². The maximum absolute atomic E-state index is 12.8. The number of hydrogen-bond donors (Lipinski definition) is 4.